The Balaban J connectivity index is 1.64. The SMILES string of the molecule is CCCOCCOCCOCCNC(=O)[C@H]1CC(=O)N(C)[C@@H]1c1cccnc1. The van der Waals surface area contributed by atoms with E-state index in [1.54, 1.807) is 24.3 Å². The first-order chi connectivity index (χ1) is 13.6. The van der Waals surface area contributed by atoms with E-state index in [4.69, 9.17) is 14.2 Å². The summed E-state index contributed by atoms with van der Waals surface area (Å²) in [5, 5.41) is 2.87. The minimum atomic E-state index is -0.423. The van der Waals surface area contributed by atoms with Crippen LogP contribution in [0.4, 0.5) is 0 Å². The van der Waals surface area contributed by atoms with Gasteiger partial charge in [0, 0.05) is 39.0 Å². The van der Waals surface area contributed by atoms with E-state index >= 15 is 0 Å². The highest BCUT2D eigenvalue weighted by Gasteiger charge is 2.42. The third kappa shape index (κ3) is 6.85. The molecule has 0 unspecified atom stereocenters. The predicted molar refractivity (Wildman–Crippen MR) is 104 cm³/mol. The Morgan fingerprint density at radius 3 is 2.50 bits per heavy atom. The van der Waals surface area contributed by atoms with Crippen molar-refractivity contribution < 1.29 is 23.8 Å². The first-order valence-corrected chi connectivity index (χ1v) is 9.81. The van der Waals surface area contributed by atoms with Gasteiger partial charge in [-0.3, -0.25) is 14.6 Å². The molecule has 8 heteroatoms. The molecule has 1 saturated heterocycles. The first-order valence-electron chi connectivity index (χ1n) is 9.81. The Labute approximate surface area is 166 Å². The zero-order valence-electron chi connectivity index (χ0n) is 16.8. The van der Waals surface area contributed by atoms with Crippen molar-refractivity contribution in [3.05, 3.63) is 30.1 Å². The normalized spacial score (nSPS) is 19.2. The summed E-state index contributed by atoms with van der Waals surface area (Å²) in [6, 6.07) is 3.42. The molecular formula is C20H31N3O5. The maximum Gasteiger partial charge on any atom is 0.226 e. The molecule has 2 heterocycles. The summed E-state index contributed by atoms with van der Waals surface area (Å²) in [5.74, 6) is -0.599. The van der Waals surface area contributed by atoms with Crippen molar-refractivity contribution in [1.29, 1.82) is 0 Å². The average molecular weight is 393 g/mol. The molecule has 2 amide bonds. The molecule has 1 aromatic rings. The molecular weight excluding hydrogens is 362 g/mol. The summed E-state index contributed by atoms with van der Waals surface area (Å²) < 4.78 is 16.2. The molecule has 0 bridgehead atoms. The van der Waals surface area contributed by atoms with Crippen LogP contribution in [-0.4, -0.2) is 74.9 Å². The Morgan fingerprint density at radius 2 is 1.86 bits per heavy atom. The second kappa shape index (κ2) is 12.4. The van der Waals surface area contributed by atoms with Gasteiger partial charge in [-0.15, -0.1) is 0 Å². The van der Waals surface area contributed by atoms with E-state index in [9.17, 15) is 9.59 Å². The monoisotopic (exact) mass is 393 g/mol. The lowest BCUT2D eigenvalue weighted by Gasteiger charge is -2.24. The van der Waals surface area contributed by atoms with E-state index in [2.05, 4.69) is 17.2 Å². The fourth-order valence-corrected chi connectivity index (χ4v) is 3.18. The molecule has 0 saturated carbocycles. The molecule has 0 radical (unpaired) electrons. The molecule has 8 nitrogen and oxygen atoms in total. The lowest BCUT2D eigenvalue weighted by atomic mass is 9.94. The van der Waals surface area contributed by atoms with Crippen LogP contribution in [0.5, 0.6) is 0 Å². The molecule has 0 aliphatic carbocycles. The zero-order chi connectivity index (χ0) is 20.2. The molecule has 28 heavy (non-hydrogen) atoms. The third-order valence-electron chi connectivity index (χ3n) is 4.59. The molecule has 1 aromatic heterocycles. The minimum Gasteiger partial charge on any atom is -0.379 e. The van der Waals surface area contributed by atoms with Crippen molar-refractivity contribution in [3.8, 4) is 0 Å². The Morgan fingerprint density at radius 1 is 1.18 bits per heavy atom. The van der Waals surface area contributed by atoms with Crippen LogP contribution in [0.1, 0.15) is 31.4 Å². The maximum atomic E-state index is 12.6. The largest absolute Gasteiger partial charge is 0.379 e. The second-order valence-electron chi connectivity index (χ2n) is 6.67. The van der Waals surface area contributed by atoms with Crippen LogP contribution in [0.25, 0.3) is 0 Å². The molecule has 1 aliphatic rings. The van der Waals surface area contributed by atoms with Gasteiger partial charge in [0.2, 0.25) is 11.8 Å². The topological polar surface area (TPSA) is 90.0 Å². The van der Waals surface area contributed by atoms with Gasteiger partial charge in [-0.25, -0.2) is 0 Å². The number of ether oxygens (including phenoxy) is 3. The number of hydrogen-bond donors (Lipinski definition) is 1. The summed E-state index contributed by atoms with van der Waals surface area (Å²) in [5.41, 5.74) is 0.868. The standard InChI is InChI=1S/C20H31N3O5/c1-3-8-26-10-12-28-13-11-27-9-7-22-20(25)17-14-18(24)23(2)19(17)16-5-4-6-21-15-16/h4-6,15,17,19H,3,7-14H2,1-2H3,(H,22,25)/t17-,19+/m0/s1. The number of aromatic nitrogens is 1. The van der Waals surface area contributed by atoms with E-state index in [0.29, 0.717) is 39.6 Å². The van der Waals surface area contributed by atoms with Crippen molar-refractivity contribution >= 4 is 11.8 Å². The summed E-state index contributed by atoms with van der Waals surface area (Å²) >= 11 is 0. The quantitative estimate of drug-likeness (QED) is 0.506. The van der Waals surface area contributed by atoms with Gasteiger partial charge in [0.15, 0.2) is 0 Å². The van der Waals surface area contributed by atoms with E-state index in [1.165, 1.54) is 0 Å². The Bertz CT molecular complexity index is 599. The molecule has 1 fully saturated rings. The number of rotatable bonds is 13. The average Bonchev–Trinajstić information content (AvgIpc) is 3.01. The van der Waals surface area contributed by atoms with E-state index in [1.807, 2.05) is 12.1 Å². The van der Waals surface area contributed by atoms with Crippen molar-refractivity contribution in [1.82, 2.24) is 15.2 Å². The molecule has 0 aromatic carbocycles. The fraction of sp³-hybridized carbons (Fsp3) is 0.650. The highest BCUT2D eigenvalue weighted by Crippen LogP contribution is 2.36. The van der Waals surface area contributed by atoms with Crippen LogP contribution < -0.4 is 5.32 Å². The highest BCUT2D eigenvalue weighted by atomic mass is 16.5. The maximum absolute atomic E-state index is 12.6. The molecule has 2 atom stereocenters. The van der Waals surface area contributed by atoms with Crippen LogP contribution in [0.2, 0.25) is 0 Å². The number of nitrogens with one attached hydrogen (secondary N) is 1. The van der Waals surface area contributed by atoms with Gasteiger partial charge >= 0.3 is 0 Å². The minimum absolute atomic E-state index is 0.0367. The van der Waals surface area contributed by atoms with Crippen molar-refractivity contribution in [2.24, 2.45) is 5.92 Å². The summed E-state index contributed by atoms with van der Waals surface area (Å²) in [6.45, 7) is 5.72. The number of pyridine rings is 1. The number of carbonyl (C=O) groups excluding carboxylic acids is 2. The van der Waals surface area contributed by atoms with Gasteiger partial charge in [0.1, 0.15) is 0 Å². The Hall–Kier alpha value is -2.03. The van der Waals surface area contributed by atoms with Crippen LogP contribution in [0, 0.1) is 5.92 Å². The van der Waals surface area contributed by atoms with Gasteiger partial charge in [-0.2, -0.15) is 0 Å². The van der Waals surface area contributed by atoms with Gasteiger partial charge < -0.3 is 24.4 Å². The molecule has 1 aliphatic heterocycles. The van der Waals surface area contributed by atoms with E-state index in [-0.39, 0.29) is 24.3 Å². The van der Waals surface area contributed by atoms with Gasteiger partial charge in [-0.05, 0) is 18.1 Å². The lowest BCUT2D eigenvalue weighted by Crippen LogP contribution is -2.36. The summed E-state index contributed by atoms with van der Waals surface area (Å²) in [4.78, 5) is 30.4. The van der Waals surface area contributed by atoms with Crippen LogP contribution in [0.15, 0.2) is 24.5 Å². The summed E-state index contributed by atoms with van der Waals surface area (Å²) in [7, 11) is 1.73. The van der Waals surface area contributed by atoms with Crippen molar-refractivity contribution in [3.63, 3.8) is 0 Å². The van der Waals surface area contributed by atoms with E-state index in [0.717, 1.165) is 18.6 Å². The first kappa shape index (κ1) is 22.3. The van der Waals surface area contributed by atoms with Crippen molar-refractivity contribution in [2.45, 2.75) is 25.8 Å². The number of hydrogen-bond acceptors (Lipinski definition) is 6. The molecule has 156 valence electrons. The van der Waals surface area contributed by atoms with Crippen LogP contribution in [0.3, 0.4) is 0 Å². The number of carbonyl (C=O) groups is 2. The lowest BCUT2D eigenvalue weighted by molar-refractivity contribution is -0.128. The third-order valence-corrected chi connectivity index (χ3v) is 4.59. The number of likely N-dealkylation sites (tertiary alicyclic amines) is 1. The fourth-order valence-electron chi connectivity index (χ4n) is 3.18. The Kier molecular flexibility index (Phi) is 9.88. The predicted octanol–water partition coefficient (Wildman–Crippen LogP) is 1.18. The molecule has 1 N–H and O–H groups in total. The van der Waals surface area contributed by atoms with Gasteiger partial charge in [0.25, 0.3) is 0 Å². The number of amides is 2. The highest BCUT2D eigenvalue weighted by molar-refractivity contribution is 5.90. The molecule has 0 spiro atoms. The second-order valence-corrected chi connectivity index (χ2v) is 6.67. The van der Waals surface area contributed by atoms with Gasteiger partial charge in [0.05, 0.1) is 45.0 Å². The summed E-state index contributed by atoms with van der Waals surface area (Å²) in [6.07, 6.45) is 4.59. The smallest absolute Gasteiger partial charge is 0.226 e. The van der Waals surface area contributed by atoms with Crippen molar-refractivity contribution in [2.75, 3.05) is 53.2 Å². The van der Waals surface area contributed by atoms with Crippen LogP contribution >= 0.6 is 0 Å². The zero-order valence-corrected chi connectivity index (χ0v) is 16.8. The number of nitrogens with zero attached hydrogens (tertiary/aromatic N) is 2. The van der Waals surface area contributed by atoms with E-state index < -0.39 is 5.92 Å². The molecule has 2 rings (SSSR count). The van der Waals surface area contributed by atoms with Crippen LogP contribution in [-0.2, 0) is 23.8 Å². The van der Waals surface area contributed by atoms with Gasteiger partial charge in [-0.1, -0.05) is 13.0 Å².